The summed E-state index contributed by atoms with van der Waals surface area (Å²) in [4.78, 5) is 0. The Morgan fingerprint density at radius 1 is 1.35 bits per heavy atom. The molecule has 2 aromatic heterocycles. The van der Waals surface area contributed by atoms with Crippen LogP contribution in [-0.4, -0.2) is 9.72 Å². The minimum Gasteiger partial charge on any atom is -0.361 e. The topological polar surface area (TPSA) is 31.0 Å². The Bertz CT molecular complexity index is 669. The van der Waals surface area contributed by atoms with Crippen LogP contribution in [0.15, 0.2) is 41.1 Å². The van der Waals surface area contributed by atoms with Crippen molar-refractivity contribution in [1.29, 1.82) is 0 Å². The third-order valence-corrected chi connectivity index (χ3v) is 2.77. The van der Waals surface area contributed by atoms with Crippen molar-refractivity contribution >= 4 is 10.9 Å². The zero-order valence-corrected chi connectivity index (χ0v) is 9.35. The van der Waals surface area contributed by atoms with E-state index >= 15 is 0 Å². The molecule has 0 radical (unpaired) electrons. The maximum atomic E-state index is 13.5. The summed E-state index contributed by atoms with van der Waals surface area (Å²) in [7, 11) is 0. The van der Waals surface area contributed by atoms with Crippen LogP contribution in [0.25, 0.3) is 10.9 Å². The van der Waals surface area contributed by atoms with Gasteiger partial charge in [-0.15, -0.1) is 0 Å². The van der Waals surface area contributed by atoms with Gasteiger partial charge in [0.15, 0.2) is 0 Å². The Morgan fingerprint density at radius 3 is 3.00 bits per heavy atom. The van der Waals surface area contributed by atoms with E-state index in [1.165, 1.54) is 6.07 Å². The smallest absolute Gasteiger partial charge is 0.133 e. The van der Waals surface area contributed by atoms with Gasteiger partial charge in [-0.05, 0) is 25.1 Å². The predicted molar refractivity (Wildman–Crippen MR) is 62.2 cm³/mol. The lowest BCUT2D eigenvalue weighted by molar-refractivity contribution is 0.389. The van der Waals surface area contributed by atoms with E-state index in [2.05, 4.69) is 5.16 Å². The molecular formula is C13H11FN2O. The maximum absolute atomic E-state index is 13.5. The van der Waals surface area contributed by atoms with Gasteiger partial charge in [0.05, 0.1) is 12.1 Å². The van der Waals surface area contributed by atoms with Crippen molar-refractivity contribution in [3.05, 3.63) is 53.8 Å². The second-order valence-corrected chi connectivity index (χ2v) is 4.05. The normalized spacial score (nSPS) is 11.2. The van der Waals surface area contributed by atoms with Crippen LogP contribution in [0.2, 0.25) is 0 Å². The Morgan fingerprint density at radius 2 is 2.24 bits per heavy atom. The molecule has 2 heterocycles. The van der Waals surface area contributed by atoms with Crippen molar-refractivity contribution in [1.82, 2.24) is 9.72 Å². The molecule has 0 bridgehead atoms. The fourth-order valence-corrected chi connectivity index (χ4v) is 1.99. The summed E-state index contributed by atoms with van der Waals surface area (Å²) in [5, 5.41) is 4.56. The summed E-state index contributed by atoms with van der Waals surface area (Å²) in [5.74, 6) is 0.584. The van der Waals surface area contributed by atoms with Gasteiger partial charge in [-0.1, -0.05) is 11.2 Å². The van der Waals surface area contributed by atoms with Crippen LogP contribution in [-0.2, 0) is 6.54 Å². The Hall–Kier alpha value is -2.10. The second kappa shape index (κ2) is 3.73. The predicted octanol–water partition coefficient (Wildman–Crippen LogP) is 3.13. The van der Waals surface area contributed by atoms with Crippen LogP contribution in [0, 0.1) is 12.7 Å². The van der Waals surface area contributed by atoms with Crippen molar-refractivity contribution in [2.75, 3.05) is 0 Å². The summed E-state index contributed by atoms with van der Waals surface area (Å²) in [6.45, 7) is 2.44. The molecule has 0 spiro atoms. The Kier molecular flexibility index (Phi) is 2.21. The van der Waals surface area contributed by atoms with Gasteiger partial charge in [0.2, 0.25) is 0 Å². The van der Waals surface area contributed by atoms with Gasteiger partial charge in [-0.2, -0.15) is 0 Å². The Balaban J connectivity index is 2.04. The van der Waals surface area contributed by atoms with E-state index in [-0.39, 0.29) is 5.82 Å². The number of halogens is 1. The molecule has 0 aliphatic carbocycles. The van der Waals surface area contributed by atoms with Gasteiger partial charge in [-0.25, -0.2) is 4.39 Å². The zero-order valence-electron chi connectivity index (χ0n) is 9.35. The third kappa shape index (κ3) is 1.71. The highest BCUT2D eigenvalue weighted by Gasteiger charge is 2.07. The summed E-state index contributed by atoms with van der Waals surface area (Å²) in [5.41, 5.74) is 1.70. The van der Waals surface area contributed by atoms with E-state index in [0.29, 0.717) is 11.9 Å². The van der Waals surface area contributed by atoms with Gasteiger partial charge >= 0.3 is 0 Å². The van der Waals surface area contributed by atoms with Crippen molar-refractivity contribution in [3.63, 3.8) is 0 Å². The van der Waals surface area contributed by atoms with E-state index in [0.717, 1.165) is 17.0 Å². The van der Waals surface area contributed by atoms with Crippen molar-refractivity contribution in [2.45, 2.75) is 13.5 Å². The first kappa shape index (κ1) is 10.1. The van der Waals surface area contributed by atoms with Crippen molar-refractivity contribution < 1.29 is 8.91 Å². The highest BCUT2D eigenvalue weighted by Crippen LogP contribution is 2.19. The van der Waals surface area contributed by atoms with Crippen LogP contribution in [0.4, 0.5) is 4.39 Å². The van der Waals surface area contributed by atoms with Crippen LogP contribution in [0.5, 0.6) is 0 Å². The number of fused-ring (bicyclic) bond motifs is 1. The first-order chi connectivity index (χ1) is 8.24. The fourth-order valence-electron chi connectivity index (χ4n) is 1.99. The minimum absolute atomic E-state index is 0.197. The molecule has 0 aliphatic heterocycles. The van der Waals surface area contributed by atoms with Crippen LogP contribution in [0.1, 0.15) is 11.5 Å². The third-order valence-electron chi connectivity index (χ3n) is 2.77. The lowest BCUT2D eigenvalue weighted by Crippen LogP contribution is -1.97. The summed E-state index contributed by atoms with van der Waals surface area (Å²) < 4.78 is 20.5. The highest BCUT2D eigenvalue weighted by molar-refractivity contribution is 5.80. The molecule has 0 amide bonds. The van der Waals surface area contributed by atoms with Crippen molar-refractivity contribution in [3.8, 4) is 0 Å². The van der Waals surface area contributed by atoms with Crippen LogP contribution in [0.3, 0.4) is 0 Å². The number of hydrogen-bond acceptors (Lipinski definition) is 2. The van der Waals surface area contributed by atoms with Gasteiger partial charge < -0.3 is 9.09 Å². The average molecular weight is 230 g/mol. The molecule has 4 heteroatoms. The van der Waals surface area contributed by atoms with Crippen LogP contribution >= 0.6 is 0 Å². The monoisotopic (exact) mass is 230 g/mol. The number of nitrogens with zero attached hydrogens (tertiary/aromatic N) is 2. The van der Waals surface area contributed by atoms with Crippen LogP contribution < -0.4 is 0 Å². The first-order valence-corrected chi connectivity index (χ1v) is 5.39. The minimum atomic E-state index is -0.197. The molecule has 0 aliphatic rings. The molecule has 0 N–H and O–H groups in total. The molecule has 86 valence electrons. The molecule has 0 unspecified atom stereocenters. The van der Waals surface area contributed by atoms with E-state index in [4.69, 9.17) is 4.52 Å². The van der Waals surface area contributed by atoms with Gasteiger partial charge in [0.1, 0.15) is 17.3 Å². The highest BCUT2D eigenvalue weighted by atomic mass is 19.1. The fraction of sp³-hybridized carbons (Fsp3) is 0.154. The van der Waals surface area contributed by atoms with E-state index in [9.17, 15) is 4.39 Å². The molecular weight excluding hydrogens is 219 g/mol. The molecule has 17 heavy (non-hydrogen) atoms. The average Bonchev–Trinajstić information content (AvgIpc) is 2.88. The molecule has 0 atom stereocenters. The van der Waals surface area contributed by atoms with Crippen molar-refractivity contribution in [2.24, 2.45) is 0 Å². The van der Waals surface area contributed by atoms with E-state index < -0.39 is 0 Å². The first-order valence-electron chi connectivity index (χ1n) is 5.39. The van der Waals surface area contributed by atoms with E-state index in [1.54, 1.807) is 12.1 Å². The number of benzene rings is 1. The van der Waals surface area contributed by atoms with E-state index in [1.807, 2.05) is 29.8 Å². The summed E-state index contributed by atoms with van der Waals surface area (Å²) in [6, 6.07) is 8.73. The lowest BCUT2D eigenvalue weighted by Gasteiger charge is -2.02. The molecule has 3 rings (SSSR count). The number of hydrogen-bond donors (Lipinski definition) is 0. The molecule has 0 fully saturated rings. The molecule has 3 nitrogen and oxygen atoms in total. The quantitative estimate of drug-likeness (QED) is 0.677. The second-order valence-electron chi connectivity index (χ2n) is 4.05. The zero-order chi connectivity index (χ0) is 11.8. The Labute approximate surface area is 97.5 Å². The standard InChI is InChI=1S/C13H11FN2O/c1-9-7-10(15-17-9)8-16-6-5-11-12(14)3-2-4-13(11)16/h2-7H,8H2,1H3. The lowest BCUT2D eigenvalue weighted by atomic mass is 10.2. The molecule has 0 saturated carbocycles. The van der Waals surface area contributed by atoms with Gasteiger partial charge in [-0.3, -0.25) is 0 Å². The number of rotatable bonds is 2. The maximum Gasteiger partial charge on any atom is 0.133 e. The van der Waals surface area contributed by atoms with Gasteiger partial charge in [0.25, 0.3) is 0 Å². The largest absolute Gasteiger partial charge is 0.361 e. The van der Waals surface area contributed by atoms with Gasteiger partial charge in [0, 0.05) is 17.6 Å². The number of aryl methyl sites for hydroxylation is 1. The molecule has 3 aromatic rings. The summed E-state index contributed by atoms with van der Waals surface area (Å²) in [6.07, 6.45) is 1.86. The molecule has 1 aromatic carbocycles. The number of aromatic nitrogens is 2. The SMILES string of the molecule is Cc1cc(Cn2ccc3c(F)cccc32)no1. The summed E-state index contributed by atoms with van der Waals surface area (Å²) >= 11 is 0. The molecule has 0 saturated heterocycles.